The molecule has 0 aliphatic carbocycles. The maximum absolute atomic E-state index is 12.2. The summed E-state index contributed by atoms with van der Waals surface area (Å²) in [7, 11) is 1.68. The van der Waals surface area contributed by atoms with Gasteiger partial charge in [-0.3, -0.25) is 4.79 Å². The van der Waals surface area contributed by atoms with Crippen LogP contribution in [0.3, 0.4) is 0 Å². The molecule has 0 spiro atoms. The second-order valence-electron chi connectivity index (χ2n) is 4.56. The van der Waals surface area contributed by atoms with Crippen molar-refractivity contribution in [3.63, 3.8) is 0 Å². The van der Waals surface area contributed by atoms with Gasteiger partial charge in [0.1, 0.15) is 17.8 Å². The van der Waals surface area contributed by atoms with Crippen molar-refractivity contribution < 1.29 is 9.53 Å². The molecule has 6 nitrogen and oxygen atoms in total. The maximum atomic E-state index is 12.2. The van der Waals surface area contributed by atoms with E-state index in [-0.39, 0.29) is 5.91 Å². The van der Waals surface area contributed by atoms with Gasteiger partial charge in [0.15, 0.2) is 0 Å². The van der Waals surface area contributed by atoms with Gasteiger partial charge < -0.3 is 15.0 Å². The first-order chi connectivity index (χ1) is 9.31. The highest BCUT2D eigenvalue weighted by Crippen LogP contribution is 2.13. The topological polar surface area (TPSA) is 67.3 Å². The number of hydrogen-bond donors (Lipinski definition) is 1. The molecule has 1 aromatic heterocycles. The number of likely N-dealkylation sites (tertiary alicyclic amines) is 1. The molecule has 0 aromatic carbocycles. The van der Waals surface area contributed by atoms with Crippen LogP contribution in [0, 0.1) is 0 Å². The molecule has 0 radical (unpaired) electrons. The van der Waals surface area contributed by atoms with Gasteiger partial charge in [-0.15, -0.1) is 0 Å². The van der Waals surface area contributed by atoms with Crippen LogP contribution in [0.15, 0.2) is 12.4 Å². The number of anilines is 1. The Morgan fingerprint density at radius 2 is 2.21 bits per heavy atom. The lowest BCUT2D eigenvalue weighted by molar-refractivity contribution is 0.0787. The third kappa shape index (κ3) is 3.89. The minimum atomic E-state index is -0.000147. The largest absolute Gasteiger partial charge is 0.385 e. The number of methoxy groups -OCH3 is 1. The van der Waals surface area contributed by atoms with Gasteiger partial charge in [0, 0.05) is 39.4 Å². The fourth-order valence-electron chi connectivity index (χ4n) is 2.09. The van der Waals surface area contributed by atoms with E-state index < -0.39 is 0 Å². The molecule has 0 saturated carbocycles. The predicted octanol–water partition coefficient (Wildman–Crippen LogP) is 1.16. The van der Waals surface area contributed by atoms with Gasteiger partial charge in [-0.1, -0.05) is 0 Å². The molecule has 1 N–H and O–H groups in total. The highest BCUT2D eigenvalue weighted by molar-refractivity contribution is 5.93. The number of nitrogens with one attached hydrogen (secondary N) is 1. The van der Waals surface area contributed by atoms with Crippen LogP contribution in [0.4, 0.5) is 5.82 Å². The smallest absolute Gasteiger partial charge is 0.272 e. The molecule has 6 heteroatoms. The van der Waals surface area contributed by atoms with Gasteiger partial charge in [0.05, 0.1) is 0 Å². The van der Waals surface area contributed by atoms with E-state index in [1.165, 1.54) is 6.33 Å². The monoisotopic (exact) mass is 264 g/mol. The van der Waals surface area contributed by atoms with Crippen molar-refractivity contribution in [1.29, 1.82) is 0 Å². The Labute approximate surface area is 113 Å². The number of nitrogens with zero attached hydrogens (tertiary/aromatic N) is 3. The highest BCUT2D eigenvalue weighted by Gasteiger charge is 2.20. The molecule has 1 saturated heterocycles. The summed E-state index contributed by atoms with van der Waals surface area (Å²) < 4.78 is 4.98. The molecule has 1 aliphatic rings. The molecule has 1 aromatic rings. The third-order valence-electron chi connectivity index (χ3n) is 3.11. The zero-order valence-electron chi connectivity index (χ0n) is 11.3. The fraction of sp³-hybridized carbons (Fsp3) is 0.615. The van der Waals surface area contributed by atoms with Gasteiger partial charge in [-0.2, -0.15) is 0 Å². The molecule has 104 valence electrons. The number of carbonyl (C=O) groups excluding carboxylic acids is 1. The normalized spacial score (nSPS) is 14.7. The lowest BCUT2D eigenvalue weighted by atomic mass is 10.3. The van der Waals surface area contributed by atoms with E-state index in [0.29, 0.717) is 18.1 Å². The summed E-state index contributed by atoms with van der Waals surface area (Å²) in [5, 5.41) is 3.16. The molecule has 19 heavy (non-hydrogen) atoms. The average molecular weight is 264 g/mol. The summed E-state index contributed by atoms with van der Waals surface area (Å²) in [6.45, 7) is 3.14. The highest BCUT2D eigenvalue weighted by atomic mass is 16.5. The Morgan fingerprint density at radius 1 is 1.42 bits per heavy atom. The molecule has 2 heterocycles. The van der Waals surface area contributed by atoms with Crippen LogP contribution in [0.25, 0.3) is 0 Å². The molecule has 0 unspecified atom stereocenters. The maximum Gasteiger partial charge on any atom is 0.272 e. The zero-order chi connectivity index (χ0) is 13.5. The molecule has 1 amide bonds. The van der Waals surface area contributed by atoms with Crippen LogP contribution in [0.2, 0.25) is 0 Å². The summed E-state index contributed by atoms with van der Waals surface area (Å²) in [5.74, 6) is 0.688. The molecular formula is C13H20N4O2. The number of hydrogen-bond acceptors (Lipinski definition) is 5. The van der Waals surface area contributed by atoms with E-state index in [1.807, 2.05) is 4.90 Å². The Bertz CT molecular complexity index is 419. The van der Waals surface area contributed by atoms with Crippen molar-refractivity contribution in [2.45, 2.75) is 19.3 Å². The molecular weight excluding hydrogens is 244 g/mol. The number of rotatable bonds is 6. The first-order valence-electron chi connectivity index (χ1n) is 6.65. The standard InChI is InChI=1S/C13H20N4O2/c1-19-8-4-5-14-12-9-11(15-10-16-12)13(18)17-6-2-3-7-17/h9-10H,2-8H2,1H3,(H,14,15,16). The third-order valence-corrected chi connectivity index (χ3v) is 3.11. The van der Waals surface area contributed by atoms with Crippen molar-refractivity contribution in [3.8, 4) is 0 Å². The van der Waals surface area contributed by atoms with Gasteiger partial charge >= 0.3 is 0 Å². The van der Waals surface area contributed by atoms with Gasteiger partial charge in [-0.05, 0) is 19.3 Å². The van der Waals surface area contributed by atoms with Crippen molar-refractivity contribution in [1.82, 2.24) is 14.9 Å². The van der Waals surface area contributed by atoms with E-state index in [4.69, 9.17) is 4.74 Å². The summed E-state index contributed by atoms with van der Waals surface area (Å²) in [6.07, 6.45) is 4.50. The minimum Gasteiger partial charge on any atom is -0.385 e. The molecule has 1 aliphatic heterocycles. The Balaban J connectivity index is 1.92. The second-order valence-corrected chi connectivity index (χ2v) is 4.56. The van der Waals surface area contributed by atoms with Crippen LogP contribution < -0.4 is 5.32 Å². The minimum absolute atomic E-state index is 0.000147. The van der Waals surface area contributed by atoms with E-state index in [1.54, 1.807) is 13.2 Å². The Hall–Kier alpha value is -1.69. The van der Waals surface area contributed by atoms with Crippen LogP contribution in [-0.2, 0) is 4.74 Å². The summed E-state index contributed by atoms with van der Waals surface area (Å²) in [4.78, 5) is 22.2. The SMILES string of the molecule is COCCCNc1cc(C(=O)N2CCCC2)ncn1. The lowest BCUT2D eigenvalue weighted by Crippen LogP contribution is -2.28. The van der Waals surface area contributed by atoms with Gasteiger partial charge in [-0.25, -0.2) is 9.97 Å². The van der Waals surface area contributed by atoms with Gasteiger partial charge in [0.2, 0.25) is 0 Å². The Morgan fingerprint density at radius 3 is 2.95 bits per heavy atom. The Kier molecular flexibility index (Phi) is 5.09. The number of ether oxygens (including phenoxy) is 1. The van der Waals surface area contributed by atoms with E-state index in [9.17, 15) is 4.79 Å². The van der Waals surface area contributed by atoms with E-state index >= 15 is 0 Å². The number of carbonyl (C=O) groups is 1. The number of amides is 1. The molecule has 0 atom stereocenters. The zero-order valence-corrected chi connectivity index (χ0v) is 11.3. The summed E-state index contributed by atoms with van der Waals surface area (Å²) in [6, 6.07) is 1.72. The van der Waals surface area contributed by atoms with Crippen LogP contribution in [0.5, 0.6) is 0 Å². The van der Waals surface area contributed by atoms with Crippen molar-refractivity contribution in [3.05, 3.63) is 18.1 Å². The molecule has 1 fully saturated rings. The number of aromatic nitrogens is 2. The van der Waals surface area contributed by atoms with Crippen molar-refractivity contribution in [2.24, 2.45) is 0 Å². The van der Waals surface area contributed by atoms with E-state index in [0.717, 1.165) is 38.9 Å². The second kappa shape index (κ2) is 7.04. The van der Waals surface area contributed by atoms with Crippen LogP contribution in [-0.4, -0.2) is 54.1 Å². The van der Waals surface area contributed by atoms with Gasteiger partial charge in [0.25, 0.3) is 5.91 Å². The van der Waals surface area contributed by atoms with Crippen LogP contribution >= 0.6 is 0 Å². The predicted molar refractivity (Wildman–Crippen MR) is 72.2 cm³/mol. The molecule has 0 bridgehead atoms. The molecule has 2 rings (SSSR count). The fourth-order valence-corrected chi connectivity index (χ4v) is 2.09. The van der Waals surface area contributed by atoms with Crippen molar-refractivity contribution in [2.75, 3.05) is 38.7 Å². The average Bonchev–Trinajstić information content (AvgIpc) is 2.97. The quantitative estimate of drug-likeness (QED) is 0.781. The summed E-state index contributed by atoms with van der Waals surface area (Å²) >= 11 is 0. The first kappa shape index (κ1) is 13.7. The lowest BCUT2D eigenvalue weighted by Gasteiger charge is -2.14. The van der Waals surface area contributed by atoms with E-state index in [2.05, 4.69) is 15.3 Å². The van der Waals surface area contributed by atoms with Crippen LogP contribution in [0.1, 0.15) is 29.8 Å². The summed E-state index contributed by atoms with van der Waals surface area (Å²) in [5.41, 5.74) is 0.464. The van der Waals surface area contributed by atoms with Crippen molar-refractivity contribution >= 4 is 11.7 Å². The first-order valence-corrected chi connectivity index (χ1v) is 6.65.